The molecule has 0 bridgehead atoms. The third kappa shape index (κ3) is 2.54. The maximum atomic E-state index is 9.22. The zero-order valence-corrected chi connectivity index (χ0v) is 12.7. The lowest BCUT2D eigenvalue weighted by Gasteiger charge is -2.25. The lowest BCUT2D eigenvalue weighted by molar-refractivity contribution is 0.609. The van der Waals surface area contributed by atoms with Gasteiger partial charge in [-0.05, 0) is 54.5 Å². The quantitative estimate of drug-likeness (QED) is 0.851. The number of nitriles is 1. The summed E-state index contributed by atoms with van der Waals surface area (Å²) in [6.45, 7) is 0. The Morgan fingerprint density at radius 2 is 2.26 bits per heavy atom. The molecule has 0 fully saturated rings. The topological polar surface area (TPSA) is 35.8 Å². The smallest absolute Gasteiger partial charge is 0.101 e. The Hall–Kier alpha value is -1.31. The van der Waals surface area contributed by atoms with Gasteiger partial charge in [0, 0.05) is 9.35 Å². The first-order valence-corrected chi connectivity index (χ1v) is 7.97. The van der Waals surface area contributed by atoms with Crippen LogP contribution in [0.3, 0.4) is 0 Å². The van der Waals surface area contributed by atoms with Crippen molar-refractivity contribution in [2.45, 2.75) is 25.3 Å². The van der Waals surface area contributed by atoms with Crippen molar-refractivity contribution < 1.29 is 0 Å². The van der Waals surface area contributed by atoms with Crippen LogP contribution in [-0.2, 0) is 6.42 Å². The molecule has 4 heteroatoms. The zero-order chi connectivity index (χ0) is 13.2. The van der Waals surface area contributed by atoms with Crippen LogP contribution < -0.4 is 5.32 Å². The molecule has 1 N–H and O–H groups in total. The normalized spacial score (nSPS) is 17.6. The van der Waals surface area contributed by atoms with E-state index in [1.807, 2.05) is 29.5 Å². The van der Waals surface area contributed by atoms with Crippen LogP contribution in [0.2, 0.25) is 0 Å². The summed E-state index contributed by atoms with van der Waals surface area (Å²) < 4.78 is 0.939. The molecule has 0 saturated carbocycles. The molecule has 1 aliphatic carbocycles. The highest BCUT2D eigenvalue weighted by molar-refractivity contribution is 9.10. The molecule has 1 heterocycles. The van der Waals surface area contributed by atoms with Gasteiger partial charge in [-0.25, -0.2) is 0 Å². The molecular weight excluding hydrogens is 320 g/mol. The van der Waals surface area contributed by atoms with Crippen molar-refractivity contribution in [2.24, 2.45) is 0 Å². The number of hydrogen-bond donors (Lipinski definition) is 1. The molecule has 1 atom stereocenters. The fraction of sp³-hybridized carbons (Fsp3) is 0.267. The average molecular weight is 333 g/mol. The Morgan fingerprint density at radius 3 is 3.11 bits per heavy atom. The van der Waals surface area contributed by atoms with E-state index >= 15 is 0 Å². The molecule has 2 nitrogen and oxygen atoms in total. The second-order valence-corrected chi connectivity index (χ2v) is 6.61. The van der Waals surface area contributed by atoms with Crippen LogP contribution in [0.5, 0.6) is 0 Å². The van der Waals surface area contributed by atoms with E-state index in [9.17, 15) is 5.26 Å². The number of hydrogen-bond acceptors (Lipinski definition) is 3. The van der Waals surface area contributed by atoms with E-state index in [2.05, 4.69) is 38.8 Å². The van der Waals surface area contributed by atoms with E-state index in [-0.39, 0.29) is 0 Å². The van der Waals surface area contributed by atoms with Crippen LogP contribution >= 0.6 is 27.3 Å². The van der Waals surface area contributed by atoms with Gasteiger partial charge in [0.1, 0.15) is 6.07 Å². The van der Waals surface area contributed by atoms with Crippen molar-refractivity contribution in [3.63, 3.8) is 0 Å². The molecule has 1 aromatic heterocycles. The molecule has 0 amide bonds. The van der Waals surface area contributed by atoms with Gasteiger partial charge in [0.15, 0.2) is 0 Å². The Labute approximate surface area is 125 Å². The fourth-order valence-electron chi connectivity index (χ4n) is 2.56. The number of thiophene rings is 1. The highest BCUT2D eigenvalue weighted by Gasteiger charge is 2.21. The minimum absolute atomic E-state index is 0.336. The summed E-state index contributed by atoms with van der Waals surface area (Å²) in [7, 11) is 0. The summed E-state index contributed by atoms with van der Waals surface area (Å²) in [5.41, 5.74) is 3.02. The standard InChI is InChI=1S/C15H13BrN2S/c16-11-4-5-13(10(8-11)9-17)18-14-2-1-3-15-12(14)6-7-19-15/h4-8,14,18H,1-3H2. The molecule has 1 unspecified atom stereocenters. The van der Waals surface area contributed by atoms with Crippen molar-refractivity contribution in [2.75, 3.05) is 5.32 Å². The molecule has 2 aromatic rings. The van der Waals surface area contributed by atoms with Crippen LogP contribution in [-0.4, -0.2) is 0 Å². The molecule has 96 valence electrons. The number of anilines is 1. The second-order valence-electron chi connectivity index (χ2n) is 4.69. The Balaban J connectivity index is 1.90. The van der Waals surface area contributed by atoms with Crippen molar-refractivity contribution in [1.29, 1.82) is 5.26 Å². The van der Waals surface area contributed by atoms with E-state index in [0.717, 1.165) is 16.6 Å². The number of benzene rings is 1. The predicted molar refractivity (Wildman–Crippen MR) is 82.5 cm³/mol. The number of aryl methyl sites for hydroxylation is 1. The Bertz CT molecular complexity index is 642. The summed E-state index contributed by atoms with van der Waals surface area (Å²) in [5.74, 6) is 0. The first kappa shape index (κ1) is 12.7. The Kier molecular flexibility index (Phi) is 3.58. The molecular formula is C15H13BrN2S. The summed E-state index contributed by atoms with van der Waals surface area (Å²) in [6, 6.07) is 10.6. The molecule has 0 saturated heterocycles. The summed E-state index contributed by atoms with van der Waals surface area (Å²) in [6.07, 6.45) is 3.53. The molecule has 0 aliphatic heterocycles. The van der Waals surface area contributed by atoms with E-state index in [4.69, 9.17) is 0 Å². The number of halogens is 1. The highest BCUT2D eigenvalue weighted by Crippen LogP contribution is 2.36. The minimum Gasteiger partial charge on any atom is -0.377 e. The monoisotopic (exact) mass is 332 g/mol. The fourth-order valence-corrected chi connectivity index (χ4v) is 3.91. The van der Waals surface area contributed by atoms with Crippen molar-refractivity contribution in [3.05, 3.63) is 50.1 Å². The number of fused-ring (bicyclic) bond motifs is 1. The Morgan fingerprint density at radius 1 is 1.37 bits per heavy atom. The summed E-state index contributed by atoms with van der Waals surface area (Å²) in [4.78, 5) is 1.49. The minimum atomic E-state index is 0.336. The second kappa shape index (κ2) is 5.36. The largest absolute Gasteiger partial charge is 0.377 e. The van der Waals surface area contributed by atoms with Gasteiger partial charge in [0.2, 0.25) is 0 Å². The maximum Gasteiger partial charge on any atom is 0.101 e. The van der Waals surface area contributed by atoms with Crippen molar-refractivity contribution in [1.82, 2.24) is 0 Å². The van der Waals surface area contributed by atoms with Gasteiger partial charge in [-0.2, -0.15) is 5.26 Å². The van der Waals surface area contributed by atoms with E-state index in [1.54, 1.807) is 0 Å². The van der Waals surface area contributed by atoms with Gasteiger partial charge in [-0.15, -0.1) is 11.3 Å². The first-order valence-electron chi connectivity index (χ1n) is 6.30. The highest BCUT2D eigenvalue weighted by atomic mass is 79.9. The summed E-state index contributed by atoms with van der Waals surface area (Å²) in [5, 5.41) is 14.9. The van der Waals surface area contributed by atoms with E-state index in [0.29, 0.717) is 11.6 Å². The third-order valence-electron chi connectivity index (χ3n) is 3.48. The van der Waals surface area contributed by atoms with Gasteiger partial charge in [-0.3, -0.25) is 0 Å². The van der Waals surface area contributed by atoms with E-state index in [1.165, 1.54) is 23.3 Å². The molecule has 0 radical (unpaired) electrons. The number of nitrogens with one attached hydrogen (secondary N) is 1. The van der Waals surface area contributed by atoms with Crippen LogP contribution in [0.15, 0.2) is 34.1 Å². The van der Waals surface area contributed by atoms with Gasteiger partial charge < -0.3 is 5.32 Å². The first-order chi connectivity index (χ1) is 9.28. The van der Waals surface area contributed by atoms with Crippen LogP contribution in [0, 0.1) is 11.3 Å². The predicted octanol–water partition coefficient (Wildman–Crippen LogP) is 4.87. The van der Waals surface area contributed by atoms with Gasteiger partial charge >= 0.3 is 0 Å². The van der Waals surface area contributed by atoms with E-state index < -0.39 is 0 Å². The summed E-state index contributed by atoms with van der Waals surface area (Å²) >= 11 is 5.24. The molecule has 1 aliphatic rings. The van der Waals surface area contributed by atoms with Crippen molar-refractivity contribution in [3.8, 4) is 6.07 Å². The third-order valence-corrected chi connectivity index (χ3v) is 4.97. The lowest BCUT2D eigenvalue weighted by Crippen LogP contribution is -2.16. The van der Waals surface area contributed by atoms with Crippen LogP contribution in [0.4, 0.5) is 5.69 Å². The molecule has 19 heavy (non-hydrogen) atoms. The van der Waals surface area contributed by atoms with Gasteiger partial charge in [0.05, 0.1) is 17.3 Å². The van der Waals surface area contributed by atoms with Crippen LogP contribution in [0.1, 0.15) is 34.9 Å². The van der Waals surface area contributed by atoms with Crippen LogP contribution in [0.25, 0.3) is 0 Å². The SMILES string of the molecule is N#Cc1cc(Br)ccc1NC1CCCc2sccc21. The number of nitrogens with zero attached hydrogens (tertiary/aromatic N) is 1. The molecule has 1 aromatic carbocycles. The lowest BCUT2D eigenvalue weighted by atomic mass is 9.93. The zero-order valence-electron chi connectivity index (χ0n) is 10.3. The van der Waals surface area contributed by atoms with Gasteiger partial charge in [-0.1, -0.05) is 15.9 Å². The average Bonchev–Trinajstić information content (AvgIpc) is 2.90. The molecule has 0 spiro atoms. The van der Waals surface area contributed by atoms with Crippen molar-refractivity contribution >= 4 is 33.0 Å². The number of rotatable bonds is 2. The van der Waals surface area contributed by atoms with Gasteiger partial charge in [0.25, 0.3) is 0 Å². The maximum absolute atomic E-state index is 9.22. The molecule has 3 rings (SSSR count).